The molecule has 0 saturated heterocycles. The second-order valence-corrected chi connectivity index (χ2v) is 4.62. The first-order valence-electron chi connectivity index (χ1n) is 6.97. The third-order valence-electron chi connectivity index (χ3n) is 2.85. The summed E-state index contributed by atoms with van der Waals surface area (Å²) >= 11 is 0. The molecule has 0 spiro atoms. The van der Waals surface area contributed by atoms with Gasteiger partial charge in [0.05, 0.1) is 6.61 Å². The van der Waals surface area contributed by atoms with E-state index < -0.39 is 12.0 Å². The van der Waals surface area contributed by atoms with Crippen LogP contribution >= 0.6 is 0 Å². The third kappa shape index (κ3) is 5.82. The van der Waals surface area contributed by atoms with Crippen LogP contribution in [-0.2, 0) is 20.9 Å². The number of aryl methyl sites for hydroxylation is 1. The summed E-state index contributed by atoms with van der Waals surface area (Å²) in [7, 11) is 0. The number of carbonyl (C=O) groups is 3. The van der Waals surface area contributed by atoms with Crippen LogP contribution < -0.4 is 16.0 Å². The van der Waals surface area contributed by atoms with Gasteiger partial charge in [-0.3, -0.25) is 9.59 Å². The first kappa shape index (κ1) is 17.5. The number of benzene rings is 1. The predicted molar refractivity (Wildman–Crippen MR) is 82.4 cm³/mol. The second-order valence-electron chi connectivity index (χ2n) is 4.62. The van der Waals surface area contributed by atoms with Gasteiger partial charge in [0.15, 0.2) is 0 Å². The lowest BCUT2D eigenvalue weighted by atomic mass is 10.1. The lowest BCUT2D eigenvalue weighted by Gasteiger charge is -2.14. The molecule has 0 fully saturated rings. The van der Waals surface area contributed by atoms with Crippen LogP contribution in [0.25, 0.3) is 0 Å². The molecule has 3 N–H and O–H groups in total. The molecule has 1 aromatic rings. The number of ether oxygens (including phenoxy) is 1. The van der Waals surface area contributed by atoms with Crippen LogP contribution in [0.3, 0.4) is 0 Å². The van der Waals surface area contributed by atoms with E-state index in [9.17, 15) is 14.4 Å². The number of anilines is 1. The summed E-state index contributed by atoms with van der Waals surface area (Å²) in [6, 6.07) is 5.00. The Balaban J connectivity index is 2.58. The van der Waals surface area contributed by atoms with Crippen LogP contribution in [-0.4, -0.2) is 31.1 Å². The topological polar surface area (TPSA) is 96.5 Å². The Bertz CT molecular complexity index is 558. The number of esters is 1. The Morgan fingerprint density at radius 1 is 1.18 bits per heavy atom. The fraction of sp³-hybridized carbons (Fsp3) is 0.400. The number of urea groups is 1. The molecule has 0 unspecified atom stereocenters. The van der Waals surface area contributed by atoms with Crippen LogP contribution in [0.5, 0.6) is 0 Å². The van der Waals surface area contributed by atoms with Crippen molar-refractivity contribution in [2.75, 3.05) is 18.5 Å². The van der Waals surface area contributed by atoms with Crippen molar-refractivity contribution in [3.8, 4) is 0 Å². The number of amides is 3. The van der Waals surface area contributed by atoms with Crippen molar-refractivity contribution in [3.63, 3.8) is 0 Å². The maximum Gasteiger partial charge on any atom is 0.325 e. The molecule has 22 heavy (non-hydrogen) atoms. The van der Waals surface area contributed by atoms with Gasteiger partial charge in [-0.1, -0.05) is 12.1 Å². The molecule has 0 aliphatic rings. The largest absolute Gasteiger partial charge is 0.465 e. The van der Waals surface area contributed by atoms with E-state index in [1.807, 2.05) is 19.1 Å². The quantitative estimate of drug-likeness (QED) is 0.690. The van der Waals surface area contributed by atoms with Crippen LogP contribution in [0.4, 0.5) is 10.5 Å². The van der Waals surface area contributed by atoms with Crippen molar-refractivity contribution < 1.29 is 19.1 Å². The van der Waals surface area contributed by atoms with E-state index in [0.717, 1.165) is 11.1 Å². The highest BCUT2D eigenvalue weighted by Crippen LogP contribution is 2.19. The number of carbonyl (C=O) groups excluding carboxylic acids is 3. The van der Waals surface area contributed by atoms with Gasteiger partial charge in [0, 0.05) is 19.2 Å². The number of rotatable bonds is 6. The molecule has 0 radical (unpaired) electrons. The minimum absolute atomic E-state index is 0.182. The van der Waals surface area contributed by atoms with E-state index in [1.54, 1.807) is 13.0 Å². The maximum atomic E-state index is 11.7. The summed E-state index contributed by atoms with van der Waals surface area (Å²) < 4.78 is 4.71. The summed E-state index contributed by atoms with van der Waals surface area (Å²) in [6.07, 6.45) is 0. The Hall–Kier alpha value is -2.57. The van der Waals surface area contributed by atoms with Gasteiger partial charge in [-0.15, -0.1) is 0 Å². The van der Waals surface area contributed by atoms with Crippen molar-refractivity contribution in [2.24, 2.45) is 0 Å². The molecular weight excluding hydrogens is 286 g/mol. The van der Waals surface area contributed by atoms with Gasteiger partial charge in [-0.05, 0) is 31.0 Å². The Labute approximate surface area is 129 Å². The molecule has 1 aromatic carbocycles. The van der Waals surface area contributed by atoms with E-state index >= 15 is 0 Å². The standard InChI is InChI=1S/C15H21N3O4/c1-4-22-14(20)9-17-15(21)16-8-12-10(2)6-5-7-13(12)18-11(3)19/h5-7H,4,8-9H2,1-3H3,(H,18,19)(H2,16,17,21). The molecule has 0 heterocycles. The van der Waals surface area contributed by atoms with Crippen molar-refractivity contribution >= 4 is 23.6 Å². The zero-order valence-corrected chi connectivity index (χ0v) is 13.0. The summed E-state index contributed by atoms with van der Waals surface area (Å²) in [5.74, 6) is -0.675. The average molecular weight is 307 g/mol. The van der Waals surface area contributed by atoms with Crippen molar-refractivity contribution in [2.45, 2.75) is 27.3 Å². The molecule has 0 aliphatic carbocycles. The normalized spacial score (nSPS) is 9.77. The number of hydrogen-bond acceptors (Lipinski definition) is 4. The van der Waals surface area contributed by atoms with Gasteiger partial charge in [-0.2, -0.15) is 0 Å². The van der Waals surface area contributed by atoms with E-state index in [1.165, 1.54) is 6.92 Å². The fourth-order valence-electron chi connectivity index (χ4n) is 1.84. The average Bonchev–Trinajstić information content (AvgIpc) is 2.44. The smallest absolute Gasteiger partial charge is 0.325 e. The summed E-state index contributed by atoms with van der Waals surface area (Å²) in [6.45, 7) is 5.32. The van der Waals surface area contributed by atoms with Crippen molar-refractivity contribution in [1.82, 2.24) is 10.6 Å². The highest BCUT2D eigenvalue weighted by atomic mass is 16.5. The molecule has 3 amide bonds. The molecule has 1 rings (SSSR count). The highest BCUT2D eigenvalue weighted by molar-refractivity contribution is 5.90. The molecule has 0 aromatic heterocycles. The fourth-order valence-corrected chi connectivity index (χ4v) is 1.84. The van der Waals surface area contributed by atoms with Gasteiger partial charge in [0.1, 0.15) is 6.54 Å². The first-order valence-corrected chi connectivity index (χ1v) is 6.97. The summed E-state index contributed by atoms with van der Waals surface area (Å²) in [4.78, 5) is 34.0. The second kappa shape index (κ2) is 8.66. The maximum absolute atomic E-state index is 11.7. The molecule has 0 atom stereocenters. The molecule has 0 bridgehead atoms. The molecule has 0 saturated carbocycles. The van der Waals surface area contributed by atoms with Gasteiger partial charge in [-0.25, -0.2) is 4.79 Å². The molecule has 0 aliphatic heterocycles. The van der Waals surface area contributed by atoms with E-state index in [-0.39, 0.29) is 25.6 Å². The van der Waals surface area contributed by atoms with Crippen LogP contribution in [0.2, 0.25) is 0 Å². The zero-order chi connectivity index (χ0) is 16.5. The lowest BCUT2D eigenvalue weighted by Crippen LogP contribution is -2.38. The van der Waals surface area contributed by atoms with Crippen LogP contribution in [0, 0.1) is 6.92 Å². The number of hydrogen-bond donors (Lipinski definition) is 3. The van der Waals surface area contributed by atoms with Crippen LogP contribution in [0.1, 0.15) is 25.0 Å². The Morgan fingerprint density at radius 3 is 2.55 bits per heavy atom. The van der Waals surface area contributed by atoms with Gasteiger partial charge < -0.3 is 20.7 Å². The molecule has 7 nitrogen and oxygen atoms in total. The zero-order valence-electron chi connectivity index (χ0n) is 13.0. The minimum atomic E-state index is -0.493. The molecular formula is C15H21N3O4. The lowest BCUT2D eigenvalue weighted by molar-refractivity contribution is -0.141. The third-order valence-corrected chi connectivity index (χ3v) is 2.85. The highest BCUT2D eigenvalue weighted by Gasteiger charge is 2.10. The van der Waals surface area contributed by atoms with Crippen LogP contribution in [0.15, 0.2) is 18.2 Å². The Morgan fingerprint density at radius 2 is 1.91 bits per heavy atom. The van der Waals surface area contributed by atoms with Gasteiger partial charge >= 0.3 is 12.0 Å². The minimum Gasteiger partial charge on any atom is -0.465 e. The first-order chi connectivity index (χ1) is 10.4. The summed E-state index contributed by atoms with van der Waals surface area (Å²) in [5, 5.41) is 7.77. The molecule has 120 valence electrons. The van der Waals surface area contributed by atoms with Gasteiger partial charge in [0.25, 0.3) is 0 Å². The SMILES string of the molecule is CCOC(=O)CNC(=O)NCc1c(C)cccc1NC(C)=O. The van der Waals surface area contributed by atoms with E-state index in [2.05, 4.69) is 16.0 Å². The van der Waals surface area contributed by atoms with Gasteiger partial charge in [0.2, 0.25) is 5.91 Å². The number of nitrogens with one attached hydrogen (secondary N) is 3. The Kier molecular flexibility index (Phi) is 6.88. The van der Waals surface area contributed by atoms with E-state index in [0.29, 0.717) is 5.69 Å². The van der Waals surface area contributed by atoms with E-state index in [4.69, 9.17) is 4.74 Å². The molecule has 7 heteroatoms. The predicted octanol–water partition coefficient (Wildman–Crippen LogP) is 1.32. The van der Waals surface area contributed by atoms with Crippen molar-refractivity contribution in [3.05, 3.63) is 29.3 Å². The van der Waals surface area contributed by atoms with Crippen molar-refractivity contribution in [1.29, 1.82) is 0 Å². The summed E-state index contributed by atoms with van der Waals surface area (Å²) in [5.41, 5.74) is 2.40. The monoisotopic (exact) mass is 307 g/mol.